The smallest absolute Gasteiger partial charge is 0.148 e. The minimum Gasteiger partial charge on any atom is -0.407 e. The topological polar surface area (TPSA) is 29.0 Å². The van der Waals surface area contributed by atoms with Crippen LogP contribution in [0.4, 0.5) is 5.82 Å². The van der Waals surface area contributed by atoms with Crippen molar-refractivity contribution >= 4 is 22.3 Å². The van der Waals surface area contributed by atoms with Crippen molar-refractivity contribution in [3.05, 3.63) is 18.6 Å². The highest BCUT2D eigenvalue weighted by atomic mass is 28.4. The van der Waals surface area contributed by atoms with Crippen LogP contribution in [0.2, 0.25) is 36.3 Å². The lowest BCUT2D eigenvalue weighted by molar-refractivity contribution is 1.03. The third kappa shape index (κ3) is 3.39. The minimum absolute atomic E-state index is 1.16. The average molecular weight is 324 g/mol. The Bertz CT molecular complexity index is 367. The standard InChI is InChI=1S/C16H33N3Si2/c1-7-20(8-2,9-3)19(16-15-17-13-14-18-16)21(10-4,11-5)12-6/h13-15H,7-12H2,1-6H3. The zero-order chi connectivity index (χ0) is 15.9. The summed E-state index contributed by atoms with van der Waals surface area (Å²) in [5, 5.41) is 0. The highest BCUT2D eigenvalue weighted by Gasteiger charge is 2.46. The number of anilines is 1. The fraction of sp³-hybridized carbons (Fsp3) is 0.750. The minimum atomic E-state index is -1.49. The van der Waals surface area contributed by atoms with E-state index in [4.69, 9.17) is 4.98 Å². The molecule has 0 radical (unpaired) electrons. The second-order valence-electron chi connectivity index (χ2n) is 5.97. The molecule has 3 nitrogen and oxygen atoms in total. The van der Waals surface area contributed by atoms with Gasteiger partial charge in [0.15, 0.2) is 0 Å². The molecular formula is C16H33N3Si2. The molecule has 0 saturated carbocycles. The second-order valence-corrected chi connectivity index (χ2v) is 16.5. The summed E-state index contributed by atoms with van der Waals surface area (Å²) in [6, 6.07) is 7.87. The van der Waals surface area contributed by atoms with Crippen molar-refractivity contribution in [2.75, 3.05) is 4.23 Å². The maximum absolute atomic E-state index is 4.73. The fourth-order valence-corrected chi connectivity index (χ4v) is 16.8. The van der Waals surface area contributed by atoms with Crippen molar-refractivity contribution in [3.8, 4) is 0 Å². The largest absolute Gasteiger partial charge is 0.407 e. The first kappa shape index (κ1) is 18.4. The van der Waals surface area contributed by atoms with Crippen LogP contribution in [0.25, 0.3) is 0 Å². The van der Waals surface area contributed by atoms with Crippen molar-refractivity contribution in [1.29, 1.82) is 0 Å². The Morgan fingerprint density at radius 3 is 1.48 bits per heavy atom. The quantitative estimate of drug-likeness (QED) is 0.578. The molecule has 0 spiro atoms. The van der Waals surface area contributed by atoms with E-state index in [1.807, 2.05) is 12.4 Å². The Morgan fingerprint density at radius 1 is 0.762 bits per heavy atom. The number of hydrogen-bond donors (Lipinski definition) is 0. The first-order valence-corrected chi connectivity index (χ1v) is 13.8. The van der Waals surface area contributed by atoms with Gasteiger partial charge in [0.05, 0.1) is 6.20 Å². The van der Waals surface area contributed by atoms with Gasteiger partial charge in [-0.15, -0.1) is 0 Å². The number of aromatic nitrogens is 2. The molecule has 0 atom stereocenters. The average Bonchev–Trinajstić information content (AvgIpc) is 2.57. The molecule has 0 aliphatic heterocycles. The zero-order valence-electron chi connectivity index (χ0n) is 14.8. The van der Waals surface area contributed by atoms with Gasteiger partial charge in [-0.05, 0) is 36.3 Å². The van der Waals surface area contributed by atoms with E-state index < -0.39 is 16.5 Å². The predicted octanol–water partition coefficient (Wildman–Crippen LogP) is 5.29. The molecule has 0 aliphatic rings. The fourth-order valence-electron chi connectivity index (χ4n) is 3.84. The van der Waals surface area contributed by atoms with E-state index in [1.54, 1.807) is 6.20 Å². The molecule has 1 aromatic heterocycles. The molecule has 0 aliphatic carbocycles. The summed E-state index contributed by atoms with van der Waals surface area (Å²) >= 11 is 0. The molecule has 0 saturated heterocycles. The monoisotopic (exact) mass is 323 g/mol. The van der Waals surface area contributed by atoms with Gasteiger partial charge in [-0.2, -0.15) is 0 Å². The maximum atomic E-state index is 4.73. The number of nitrogens with zero attached hydrogens (tertiary/aromatic N) is 3. The summed E-state index contributed by atoms with van der Waals surface area (Å²) in [7, 11) is -2.99. The van der Waals surface area contributed by atoms with Gasteiger partial charge < -0.3 is 4.23 Å². The lowest BCUT2D eigenvalue weighted by Gasteiger charge is -2.53. The first-order valence-electron chi connectivity index (χ1n) is 8.65. The maximum Gasteiger partial charge on any atom is 0.148 e. The van der Waals surface area contributed by atoms with Crippen LogP contribution in [-0.2, 0) is 0 Å². The molecule has 1 rings (SSSR count). The molecule has 0 N–H and O–H groups in total. The summed E-state index contributed by atoms with van der Waals surface area (Å²) in [6.07, 6.45) is 5.66. The summed E-state index contributed by atoms with van der Waals surface area (Å²) in [4.78, 5) is 9.11. The molecule has 21 heavy (non-hydrogen) atoms. The van der Waals surface area contributed by atoms with E-state index in [9.17, 15) is 0 Å². The van der Waals surface area contributed by atoms with Crippen molar-refractivity contribution in [2.45, 2.75) is 77.8 Å². The molecule has 0 bridgehead atoms. The first-order chi connectivity index (χ1) is 10.1. The summed E-state index contributed by atoms with van der Waals surface area (Å²) in [5.74, 6) is 1.16. The summed E-state index contributed by atoms with van der Waals surface area (Å²) in [5.41, 5.74) is 0. The van der Waals surface area contributed by atoms with Crippen LogP contribution in [0, 0.1) is 0 Å². The SMILES string of the molecule is CC[Si](CC)(CC)N(c1cnccn1)[Si](CC)(CC)CC. The van der Waals surface area contributed by atoms with Gasteiger partial charge >= 0.3 is 0 Å². The highest BCUT2D eigenvalue weighted by molar-refractivity contribution is 7.02. The van der Waals surface area contributed by atoms with Gasteiger partial charge in [0.25, 0.3) is 0 Å². The Labute approximate surface area is 133 Å². The van der Waals surface area contributed by atoms with Crippen LogP contribution in [0.1, 0.15) is 41.5 Å². The van der Waals surface area contributed by atoms with E-state index in [1.165, 1.54) is 36.3 Å². The molecule has 5 heteroatoms. The van der Waals surface area contributed by atoms with Crippen molar-refractivity contribution in [2.24, 2.45) is 0 Å². The Kier molecular flexibility index (Phi) is 7.07. The molecular weight excluding hydrogens is 290 g/mol. The lowest BCUT2D eigenvalue weighted by atomic mass is 10.7. The third-order valence-electron chi connectivity index (χ3n) is 5.68. The van der Waals surface area contributed by atoms with E-state index >= 15 is 0 Å². The number of hydrogen-bond acceptors (Lipinski definition) is 3. The van der Waals surface area contributed by atoms with Crippen LogP contribution in [0.15, 0.2) is 18.6 Å². The van der Waals surface area contributed by atoms with E-state index in [-0.39, 0.29) is 0 Å². The molecule has 0 aromatic carbocycles. The van der Waals surface area contributed by atoms with Gasteiger partial charge in [0.2, 0.25) is 0 Å². The van der Waals surface area contributed by atoms with Crippen LogP contribution in [0.3, 0.4) is 0 Å². The van der Waals surface area contributed by atoms with Crippen molar-refractivity contribution < 1.29 is 0 Å². The lowest BCUT2D eigenvalue weighted by Crippen LogP contribution is -2.66. The van der Waals surface area contributed by atoms with Crippen LogP contribution in [-0.4, -0.2) is 26.4 Å². The highest BCUT2D eigenvalue weighted by Crippen LogP contribution is 2.38. The van der Waals surface area contributed by atoms with Gasteiger partial charge in [-0.1, -0.05) is 41.5 Å². The van der Waals surface area contributed by atoms with Crippen molar-refractivity contribution in [1.82, 2.24) is 9.97 Å². The summed E-state index contributed by atoms with van der Waals surface area (Å²) in [6.45, 7) is 14.3. The second kappa shape index (κ2) is 8.08. The van der Waals surface area contributed by atoms with Crippen LogP contribution in [0.5, 0.6) is 0 Å². The predicted molar refractivity (Wildman–Crippen MR) is 98.9 cm³/mol. The Balaban J connectivity index is 3.49. The van der Waals surface area contributed by atoms with Gasteiger partial charge in [-0.25, -0.2) is 4.98 Å². The normalized spacial score (nSPS) is 12.5. The van der Waals surface area contributed by atoms with E-state index in [0.29, 0.717) is 0 Å². The van der Waals surface area contributed by atoms with Crippen LogP contribution >= 0.6 is 0 Å². The van der Waals surface area contributed by atoms with Crippen molar-refractivity contribution in [3.63, 3.8) is 0 Å². The van der Waals surface area contributed by atoms with Gasteiger partial charge in [0.1, 0.15) is 22.3 Å². The molecule has 0 unspecified atom stereocenters. The number of rotatable bonds is 9. The molecule has 120 valence electrons. The summed E-state index contributed by atoms with van der Waals surface area (Å²) < 4.78 is 2.90. The Morgan fingerprint density at radius 2 is 1.19 bits per heavy atom. The molecule has 0 fully saturated rings. The third-order valence-corrected chi connectivity index (χ3v) is 18.8. The van der Waals surface area contributed by atoms with Gasteiger partial charge in [0, 0.05) is 12.4 Å². The molecule has 1 heterocycles. The Hall–Kier alpha value is -0.686. The zero-order valence-corrected chi connectivity index (χ0v) is 16.8. The molecule has 1 aromatic rings. The van der Waals surface area contributed by atoms with E-state index in [2.05, 4.69) is 50.8 Å². The van der Waals surface area contributed by atoms with Gasteiger partial charge in [-0.3, -0.25) is 4.98 Å². The molecule has 0 amide bonds. The van der Waals surface area contributed by atoms with E-state index in [0.717, 1.165) is 5.82 Å². The van der Waals surface area contributed by atoms with Crippen LogP contribution < -0.4 is 4.23 Å².